The highest BCUT2D eigenvalue weighted by atomic mass is 32.2. The molecule has 1 aromatic heterocycles. The number of thioether (sulfide) groups is 1. The molecular weight excluding hydrogens is 358 g/mol. The van der Waals surface area contributed by atoms with Crippen LogP contribution in [0.3, 0.4) is 0 Å². The summed E-state index contributed by atoms with van der Waals surface area (Å²) in [5, 5.41) is 11.6. The topological polar surface area (TPSA) is 98.7 Å². The van der Waals surface area contributed by atoms with E-state index in [-0.39, 0.29) is 17.0 Å². The Morgan fingerprint density at radius 3 is 2.69 bits per heavy atom. The normalized spacial score (nSPS) is 16.0. The summed E-state index contributed by atoms with van der Waals surface area (Å²) in [5.41, 5.74) is 0.508. The zero-order valence-corrected chi connectivity index (χ0v) is 15.7. The second-order valence-corrected chi connectivity index (χ2v) is 8.43. The summed E-state index contributed by atoms with van der Waals surface area (Å²) in [5.74, 6) is 0. The smallest absolute Gasteiger partial charge is 0.410 e. The third-order valence-corrected chi connectivity index (χ3v) is 5.10. The van der Waals surface area contributed by atoms with E-state index in [9.17, 15) is 14.9 Å². The number of carbonyl (C=O) groups excluding carboxylic acids is 1. The van der Waals surface area contributed by atoms with E-state index in [0.29, 0.717) is 29.4 Å². The Morgan fingerprint density at radius 2 is 2.08 bits per heavy atom. The highest BCUT2D eigenvalue weighted by Crippen LogP contribution is 2.33. The van der Waals surface area contributed by atoms with Crippen LogP contribution in [0.4, 0.5) is 10.5 Å². The van der Waals surface area contributed by atoms with Crippen LogP contribution in [0.2, 0.25) is 0 Å². The number of oxazole rings is 1. The van der Waals surface area contributed by atoms with Crippen molar-refractivity contribution >= 4 is 34.6 Å². The molecule has 140 valence electrons. The molecule has 1 aliphatic heterocycles. The number of nitrogens with zero attached hydrogens (tertiary/aromatic N) is 3. The second kappa shape index (κ2) is 7.14. The van der Waals surface area contributed by atoms with E-state index >= 15 is 0 Å². The average molecular weight is 379 g/mol. The number of aromatic nitrogens is 1. The molecule has 1 saturated heterocycles. The molecule has 1 fully saturated rings. The van der Waals surface area contributed by atoms with Gasteiger partial charge in [0.15, 0.2) is 5.58 Å². The minimum atomic E-state index is -0.497. The number of piperidine rings is 1. The molecule has 3 rings (SSSR count). The number of hydrogen-bond donors (Lipinski definition) is 0. The summed E-state index contributed by atoms with van der Waals surface area (Å²) in [6.07, 6.45) is 1.33. The number of ether oxygens (including phenoxy) is 1. The Hall–Kier alpha value is -2.29. The van der Waals surface area contributed by atoms with E-state index in [0.717, 1.165) is 12.8 Å². The summed E-state index contributed by atoms with van der Waals surface area (Å²) >= 11 is 1.51. The zero-order chi connectivity index (χ0) is 18.9. The Balaban J connectivity index is 1.58. The first kappa shape index (κ1) is 18.5. The molecule has 0 aliphatic carbocycles. The van der Waals surface area contributed by atoms with E-state index < -0.39 is 10.5 Å². The molecule has 0 saturated carbocycles. The average Bonchev–Trinajstić information content (AvgIpc) is 2.95. The standard InChI is InChI=1S/C17H21N3O5S/c1-17(2,3)25-16(21)19-8-6-12(7-9-19)26-15-18-13-10-11(20(22)23)4-5-14(13)24-15/h4-5,10,12H,6-9H2,1-3H3. The number of nitro benzene ring substituents is 1. The van der Waals surface area contributed by atoms with Crippen LogP contribution in [0.15, 0.2) is 27.8 Å². The summed E-state index contributed by atoms with van der Waals surface area (Å²) in [6, 6.07) is 4.38. The number of hydrogen-bond acceptors (Lipinski definition) is 7. The molecule has 0 radical (unpaired) electrons. The van der Waals surface area contributed by atoms with Gasteiger partial charge < -0.3 is 14.1 Å². The fraction of sp³-hybridized carbons (Fsp3) is 0.529. The number of non-ortho nitro benzene ring substituents is 1. The van der Waals surface area contributed by atoms with Gasteiger partial charge in [0.25, 0.3) is 10.9 Å². The van der Waals surface area contributed by atoms with Gasteiger partial charge in [0, 0.05) is 30.5 Å². The maximum Gasteiger partial charge on any atom is 0.410 e. The van der Waals surface area contributed by atoms with Gasteiger partial charge in [-0.3, -0.25) is 10.1 Å². The van der Waals surface area contributed by atoms with E-state index in [2.05, 4.69) is 4.98 Å². The summed E-state index contributed by atoms with van der Waals surface area (Å²) < 4.78 is 11.1. The predicted molar refractivity (Wildman–Crippen MR) is 97.3 cm³/mol. The first-order chi connectivity index (χ1) is 12.2. The van der Waals surface area contributed by atoms with Crippen LogP contribution in [0.1, 0.15) is 33.6 Å². The van der Waals surface area contributed by atoms with E-state index in [1.807, 2.05) is 20.8 Å². The molecule has 1 amide bonds. The van der Waals surface area contributed by atoms with E-state index in [4.69, 9.17) is 9.15 Å². The van der Waals surface area contributed by atoms with Crippen LogP contribution in [0.25, 0.3) is 11.1 Å². The molecule has 0 bridgehead atoms. The zero-order valence-electron chi connectivity index (χ0n) is 14.9. The van der Waals surface area contributed by atoms with Crippen molar-refractivity contribution in [2.45, 2.75) is 49.7 Å². The van der Waals surface area contributed by atoms with Gasteiger partial charge in [-0.15, -0.1) is 0 Å². The maximum absolute atomic E-state index is 12.1. The van der Waals surface area contributed by atoms with E-state index in [1.165, 1.54) is 23.9 Å². The summed E-state index contributed by atoms with van der Waals surface area (Å²) in [7, 11) is 0. The van der Waals surface area contributed by atoms with Gasteiger partial charge in [-0.25, -0.2) is 9.78 Å². The molecule has 0 spiro atoms. The number of carbonyl (C=O) groups is 1. The molecule has 0 unspecified atom stereocenters. The highest BCUT2D eigenvalue weighted by molar-refractivity contribution is 7.99. The fourth-order valence-electron chi connectivity index (χ4n) is 2.68. The maximum atomic E-state index is 12.1. The molecule has 2 aromatic rings. The van der Waals surface area contributed by atoms with Crippen LogP contribution >= 0.6 is 11.8 Å². The van der Waals surface area contributed by atoms with Gasteiger partial charge in [-0.2, -0.15) is 0 Å². The Labute approximate surface area is 155 Å². The number of fused-ring (bicyclic) bond motifs is 1. The van der Waals surface area contributed by atoms with Crippen molar-refractivity contribution < 1.29 is 18.9 Å². The lowest BCUT2D eigenvalue weighted by Gasteiger charge is -2.32. The van der Waals surface area contributed by atoms with Crippen molar-refractivity contribution in [1.29, 1.82) is 0 Å². The number of rotatable bonds is 3. The Kier molecular flexibility index (Phi) is 5.08. The van der Waals surface area contributed by atoms with Crippen molar-refractivity contribution in [3.63, 3.8) is 0 Å². The highest BCUT2D eigenvalue weighted by Gasteiger charge is 2.28. The molecule has 0 N–H and O–H groups in total. The van der Waals surface area contributed by atoms with E-state index in [1.54, 1.807) is 11.0 Å². The minimum Gasteiger partial charge on any atom is -0.444 e. The third kappa shape index (κ3) is 4.46. The van der Waals surface area contributed by atoms with Gasteiger partial charge in [0.05, 0.1) is 4.92 Å². The second-order valence-electron chi connectivity index (χ2n) is 7.17. The molecule has 1 aromatic carbocycles. The fourth-order valence-corrected chi connectivity index (χ4v) is 3.70. The largest absolute Gasteiger partial charge is 0.444 e. The molecule has 1 aliphatic rings. The van der Waals surface area contributed by atoms with Crippen molar-refractivity contribution in [3.05, 3.63) is 28.3 Å². The first-order valence-electron chi connectivity index (χ1n) is 8.41. The van der Waals surface area contributed by atoms with Crippen LogP contribution < -0.4 is 0 Å². The van der Waals surface area contributed by atoms with Crippen molar-refractivity contribution in [2.24, 2.45) is 0 Å². The van der Waals surface area contributed by atoms with Gasteiger partial charge in [-0.1, -0.05) is 11.8 Å². The number of benzene rings is 1. The van der Waals surface area contributed by atoms with Gasteiger partial charge in [0.2, 0.25) is 0 Å². The monoisotopic (exact) mass is 379 g/mol. The van der Waals surface area contributed by atoms with Crippen LogP contribution in [-0.4, -0.2) is 44.8 Å². The molecule has 26 heavy (non-hydrogen) atoms. The molecule has 0 atom stereocenters. The quantitative estimate of drug-likeness (QED) is 0.581. The van der Waals surface area contributed by atoms with Crippen LogP contribution in [-0.2, 0) is 4.74 Å². The first-order valence-corrected chi connectivity index (χ1v) is 9.29. The molecule has 8 nitrogen and oxygen atoms in total. The predicted octanol–water partition coefficient (Wildman–Crippen LogP) is 4.23. The van der Waals surface area contributed by atoms with Gasteiger partial charge in [-0.05, 0) is 39.7 Å². The van der Waals surface area contributed by atoms with Crippen molar-refractivity contribution in [1.82, 2.24) is 9.88 Å². The van der Waals surface area contributed by atoms with Crippen LogP contribution in [0, 0.1) is 10.1 Å². The molecular formula is C17H21N3O5S. The van der Waals surface area contributed by atoms with Crippen LogP contribution in [0.5, 0.6) is 0 Å². The lowest BCUT2D eigenvalue weighted by Crippen LogP contribution is -2.42. The summed E-state index contributed by atoms with van der Waals surface area (Å²) in [4.78, 5) is 28.5. The van der Waals surface area contributed by atoms with Gasteiger partial charge >= 0.3 is 6.09 Å². The lowest BCUT2D eigenvalue weighted by atomic mass is 10.1. The summed E-state index contributed by atoms with van der Waals surface area (Å²) in [6.45, 7) is 6.80. The lowest BCUT2D eigenvalue weighted by molar-refractivity contribution is -0.384. The molecule has 9 heteroatoms. The number of likely N-dealkylation sites (tertiary alicyclic amines) is 1. The Bertz CT molecular complexity index is 821. The van der Waals surface area contributed by atoms with Gasteiger partial charge in [0.1, 0.15) is 11.1 Å². The number of nitro groups is 1. The minimum absolute atomic E-state index is 0.00646. The third-order valence-electron chi connectivity index (χ3n) is 3.92. The molecule has 2 heterocycles. The Morgan fingerprint density at radius 1 is 1.38 bits per heavy atom. The number of amides is 1. The SMILES string of the molecule is CC(C)(C)OC(=O)N1CCC(Sc2nc3cc([N+](=O)[O-])ccc3o2)CC1. The van der Waals surface area contributed by atoms with Crippen molar-refractivity contribution in [2.75, 3.05) is 13.1 Å². The van der Waals surface area contributed by atoms with Crippen molar-refractivity contribution in [3.8, 4) is 0 Å².